The highest BCUT2D eigenvalue weighted by molar-refractivity contribution is 7.57. The number of para-hydroxylation sites is 2. The third-order valence-electron chi connectivity index (χ3n) is 25.6. The second kappa shape index (κ2) is 47.2. The van der Waals surface area contributed by atoms with Crippen LogP contribution in [0.25, 0.3) is 0 Å². The third kappa shape index (κ3) is 25.0. The van der Waals surface area contributed by atoms with Gasteiger partial charge < -0.3 is 87.7 Å². The Morgan fingerprint density at radius 2 is 0.713 bits per heavy atom. The second-order valence-corrected chi connectivity index (χ2v) is 42.7. The fourth-order valence-corrected chi connectivity index (χ4v) is 21.9. The SMILES string of the molecule is CC(C)OC(=O)[C@H](C)NP(=O)(CCN1n2cc(C(=O)NCc3ccc(F)cc3F)c(=O)c(O)c2C(=O)N(C)[C@@]12CCOC2)Oc1ccccc1.CC(C)OC(=O)[C@H](C)NP(=O)(CCN1n2cc(C(=O)NCc3ccc(F)cc3F)c(=O)c(OCc3ccccc3)c2C(=O)N(C)[C@@]12CCOC2)Oc1ccccc1.CN1C(=O)c2c(OCc3ccccc3)c(=O)c(C(=O)NCc3ccc(F)cc3F)cn2N(CCP(=O)(O)O)[C@]12CCOC2. The molecular formula is C101H111F6N14O26P3. The van der Waals surface area contributed by atoms with Crippen LogP contribution in [-0.2, 0) is 79.8 Å². The Hall–Kier alpha value is -14.5. The van der Waals surface area contributed by atoms with E-state index < -0.39 is 221 Å². The molecule has 2 unspecified atom stereocenters. The van der Waals surface area contributed by atoms with Crippen molar-refractivity contribution in [2.75, 3.05) is 114 Å². The average molecular weight is 2140 g/mol. The molecule has 6 aliphatic heterocycles. The van der Waals surface area contributed by atoms with Gasteiger partial charge in [0.25, 0.3) is 35.4 Å². The van der Waals surface area contributed by atoms with E-state index in [0.29, 0.717) is 29.3 Å². The van der Waals surface area contributed by atoms with E-state index in [-0.39, 0.29) is 150 Å². The number of likely N-dealkylation sites (N-methyl/N-ethyl adjacent to an activating group) is 3. The Bertz CT molecular complexity index is 7060. The Balaban J connectivity index is 0.000000179. The number of hydrogen-bond acceptors (Lipinski definition) is 27. The number of amides is 6. The molecule has 16 rings (SSSR count). The summed E-state index contributed by atoms with van der Waals surface area (Å²) in [5.41, 5.74) is -7.82. The fraction of sp³-hybridized carbons (Fsp3) is 0.356. The maximum atomic E-state index is 14.8. The molecular weight excluding hydrogens is 2030 g/mol. The van der Waals surface area contributed by atoms with Crippen LogP contribution in [0, 0.1) is 34.9 Å². The van der Waals surface area contributed by atoms with Gasteiger partial charge in [0.15, 0.2) is 51.3 Å². The largest absolute Gasteiger partial charge is 0.502 e. The molecule has 40 nitrogen and oxygen atoms in total. The minimum absolute atomic E-state index is 0.000769. The van der Waals surface area contributed by atoms with Gasteiger partial charge in [0, 0.05) is 133 Å². The monoisotopic (exact) mass is 2140 g/mol. The molecule has 3 spiro atoms. The summed E-state index contributed by atoms with van der Waals surface area (Å²) in [6.07, 6.45) is 2.14. The van der Waals surface area contributed by atoms with Crippen LogP contribution in [0.4, 0.5) is 26.3 Å². The summed E-state index contributed by atoms with van der Waals surface area (Å²) in [4.78, 5) is 173. The van der Waals surface area contributed by atoms with Gasteiger partial charge in [-0.15, -0.1) is 0 Å². The molecule has 6 amide bonds. The lowest BCUT2D eigenvalue weighted by Crippen LogP contribution is -2.70. The minimum atomic E-state index is -4.53. The van der Waals surface area contributed by atoms with Crippen LogP contribution in [0.5, 0.6) is 28.7 Å². The molecule has 9 heterocycles. The lowest BCUT2D eigenvalue weighted by atomic mass is 10.0. The van der Waals surface area contributed by atoms with Crippen molar-refractivity contribution in [2.24, 2.45) is 0 Å². The fourth-order valence-electron chi connectivity index (χ4n) is 17.7. The summed E-state index contributed by atoms with van der Waals surface area (Å²) in [6, 6.07) is 40.7. The molecule has 0 radical (unpaired) electrons. The molecule has 6 aliphatic rings. The molecule has 7 atom stereocenters. The van der Waals surface area contributed by atoms with Gasteiger partial charge in [-0.1, -0.05) is 115 Å². The van der Waals surface area contributed by atoms with Crippen molar-refractivity contribution >= 4 is 70.0 Å². The van der Waals surface area contributed by atoms with Crippen LogP contribution in [-0.4, -0.2) is 231 Å². The van der Waals surface area contributed by atoms with Gasteiger partial charge >= 0.3 is 34.6 Å². The van der Waals surface area contributed by atoms with Gasteiger partial charge in [-0.3, -0.25) is 95.5 Å². The quantitative estimate of drug-likeness (QED) is 0.0103. The highest BCUT2D eigenvalue weighted by Gasteiger charge is 2.57. The van der Waals surface area contributed by atoms with Gasteiger partial charge in [0.1, 0.15) is 88.4 Å². The molecule has 0 saturated carbocycles. The van der Waals surface area contributed by atoms with Crippen LogP contribution in [0.2, 0.25) is 0 Å². The van der Waals surface area contributed by atoms with E-state index in [1.807, 2.05) is 0 Å². The van der Waals surface area contributed by atoms with Crippen molar-refractivity contribution in [2.45, 2.75) is 135 Å². The number of fused-ring (bicyclic) bond motifs is 3. The van der Waals surface area contributed by atoms with Crippen LogP contribution in [0.3, 0.4) is 0 Å². The first-order chi connectivity index (χ1) is 71.3. The lowest BCUT2D eigenvalue weighted by Gasteiger charge is -2.52. The number of carbonyl (C=O) groups is 8. The van der Waals surface area contributed by atoms with E-state index in [0.717, 1.165) is 47.4 Å². The van der Waals surface area contributed by atoms with Crippen LogP contribution in [0.15, 0.2) is 209 Å². The number of hydrogen-bond donors (Lipinski definition) is 8. The van der Waals surface area contributed by atoms with E-state index in [1.54, 1.807) is 166 Å². The van der Waals surface area contributed by atoms with Crippen molar-refractivity contribution in [3.05, 3.63) is 322 Å². The van der Waals surface area contributed by atoms with Crippen LogP contribution in [0.1, 0.15) is 151 Å². The number of pyridine rings is 3. The first-order valence-corrected chi connectivity index (χ1v) is 52.9. The summed E-state index contributed by atoms with van der Waals surface area (Å²) in [5, 5.41) is 28.8. The zero-order chi connectivity index (χ0) is 108. The summed E-state index contributed by atoms with van der Waals surface area (Å²) in [7, 11) is -8.00. The summed E-state index contributed by atoms with van der Waals surface area (Å²) < 4.78 is 180. The number of nitrogens with zero attached hydrogens (tertiary/aromatic N) is 9. The smallest absolute Gasteiger partial charge is 0.327 e. The van der Waals surface area contributed by atoms with Crippen LogP contribution >= 0.6 is 22.6 Å². The molecule has 10 aromatic rings. The van der Waals surface area contributed by atoms with E-state index in [1.165, 1.54) is 69.3 Å². The van der Waals surface area contributed by atoms with Crippen LogP contribution < -0.4 is 76.0 Å². The summed E-state index contributed by atoms with van der Waals surface area (Å²) in [5.74, 6) is -12.7. The molecule has 49 heteroatoms. The highest BCUT2D eigenvalue weighted by atomic mass is 31.2. The molecule has 3 saturated heterocycles. The zero-order valence-corrected chi connectivity index (χ0v) is 85.5. The number of aromatic hydroxyl groups is 1. The molecule has 150 heavy (non-hydrogen) atoms. The number of benzene rings is 7. The topological polar surface area (TPSA) is 477 Å². The molecule has 0 aliphatic carbocycles. The number of halogens is 6. The molecule has 3 aromatic heterocycles. The van der Waals surface area contributed by atoms with Crippen molar-refractivity contribution in [1.29, 1.82) is 0 Å². The Morgan fingerprint density at radius 3 is 1.01 bits per heavy atom. The number of ether oxygens (including phenoxy) is 7. The minimum Gasteiger partial charge on any atom is -0.502 e. The highest BCUT2D eigenvalue weighted by Crippen LogP contribution is 2.49. The predicted molar refractivity (Wildman–Crippen MR) is 532 cm³/mol. The maximum absolute atomic E-state index is 14.8. The number of esters is 2. The number of nitrogens with one attached hydrogen (secondary N) is 5. The number of aromatic nitrogens is 3. The standard InChI is InChI=1S/C40H44F2N5O9P.C33H38F2N5O9P.C28H29F2N4O8P/c1-26(2)55-39(51)27(3)44-57(52,56-31-13-9-6-10-14-31)20-18-47-40(17-19-53-25-40)45(4)38(50)34-36(54-24-28-11-7-5-8-12-28)35(48)32(23-46(34)47)37(49)43-22-29-15-16-30(41)21-33(29)42;1-20(2)48-32(45)21(3)37-50(46,49-24-8-6-5-7-9-24)15-13-40-33(12-14-47-19-33)38(4)31(44)27-29(42)28(41)25(18-39(27)40)30(43)36-17-22-10-11-23(34)16-26(22)35;1-32-27(37)23-25(42-16-18-5-3-2-4-6-18)24(35)21(26(36)31-14-19-7-8-20(29)13-22(19)30)15-33(23)34(10-12-43(38,39)40)28(32)9-11-41-17-28/h5-16,21,23,26-27H,17-20,22,24-25H2,1-4H3,(H,43,49)(H,44,52);5-11,16,18,20-21,42H,12-15,17,19H2,1-4H3,(H,36,43)(H,37,46);2-8,13,15H,9-12,14,16-17H2,1H3,(H,31,36)(H2,38,39,40)/t27-,40-,57?;21-,33-,50?;28-/m000/s1. The predicted octanol–water partition coefficient (Wildman–Crippen LogP) is 10.0. The summed E-state index contributed by atoms with van der Waals surface area (Å²) >= 11 is 0. The van der Waals surface area contributed by atoms with Crippen molar-refractivity contribution in [1.82, 2.24) is 54.9 Å². The van der Waals surface area contributed by atoms with Gasteiger partial charge in [-0.05, 0) is 95.1 Å². The summed E-state index contributed by atoms with van der Waals surface area (Å²) in [6.45, 7) is 8.33. The number of carbonyl (C=O) groups excluding carboxylic acids is 8. The third-order valence-corrected chi connectivity index (χ3v) is 30.5. The van der Waals surface area contributed by atoms with Gasteiger partial charge in [-0.2, -0.15) is 0 Å². The maximum Gasteiger partial charge on any atom is 0.327 e. The Kier molecular flexibility index (Phi) is 35.0. The Labute approximate surface area is 855 Å². The van der Waals surface area contributed by atoms with Gasteiger partial charge in [0.2, 0.25) is 16.3 Å². The second-order valence-electron chi connectivity index (χ2n) is 36.5. The van der Waals surface area contributed by atoms with Crippen molar-refractivity contribution in [3.8, 4) is 28.7 Å². The zero-order valence-electron chi connectivity index (χ0n) is 82.8. The van der Waals surface area contributed by atoms with Crippen molar-refractivity contribution in [3.63, 3.8) is 0 Å². The molecule has 798 valence electrons. The Morgan fingerprint density at radius 1 is 0.413 bits per heavy atom. The lowest BCUT2D eigenvalue weighted by molar-refractivity contribution is -0.149. The first-order valence-electron chi connectivity index (χ1n) is 47.5. The van der Waals surface area contributed by atoms with Gasteiger partial charge in [0.05, 0.1) is 70.3 Å². The van der Waals surface area contributed by atoms with Gasteiger partial charge in [-0.25, -0.2) is 36.5 Å². The number of rotatable bonds is 36. The van der Waals surface area contributed by atoms with Crippen molar-refractivity contribution < 1.29 is 135 Å². The normalized spacial score (nSPS) is 18.3. The van der Waals surface area contributed by atoms with E-state index >= 15 is 0 Å². The van der Waals surface area contributed by atoms with E-state index in [9.17, 15) is 108 Å². The molecule has 0 bridgehead atoms. The molecule has 3 fully saturated rings. The molecule has 7 aromatic carbocycles. The average Bonchev–Trinajstić information content (AvgIpc) is 1.57. The van der Waals surface area contributed by atoms with E-state index in [4.69, 9.17) is 42.2 Å². The van der Waals surface area contributed by atoms with E-state index in [2.05, 4.69) is 26.1 Å². The molecule has 8 N–H and O–H groups in total. The first kappa shape index (κ1) is 111.